The van der Waals surface area contributed by atoms with E-state index in [1.807, 2.05) is 30.2 Å². The van der Waals surface area contributed by atoms with E-state index in [-0.39, 0.29) is 0 Å². The maximum atomic E-state index is 6.15. The molecule has 4 heterocycles. The van der Waals surface area contributed by atoms with Crippen molar-refractivity contribution in [1.82, 2.24) is 24.5 Å². The highest BCUT2D eigenvalue weighted by Gasteiger charge is 2.23. The Morgan fingerprint density at radius 1 is 1.16 bits per heavy atom. The third-order valence-corrected chi connectivity index (χ3v) is 5.36. The van der Waals surface area contributed by atoms with Crippen LogP contribution >= 0.6 is 43.5 Å². The van der Waals surface area contributed by atoms with Gasteiger partial charge in [-0.2, -0.15) is 10.2 Å². The summed E-state index contributed by atoms with van der Waals surface area (Å²) < 4.78 is 12.8. The van der Waals surface area contributed by atoms with E-state index in [9.17, 15) is 0 Å². The van der Waals surface area contributed by atoms with Crippen LogP contribution in [0.3, 0.4) is 0 Å². The van der Waals surface area contributed by atoms with Crippen LogP contribution in [-0.2, 0) is 13.7 Å². The largest absolute Gasteiger partial charge is 0.446 e. The summed E-state index contributed by atoms with van der Waals surface area (Å²) in [5.74, 6) is 0.654. The van der Waals surface area contributed by atoms with Crippen LogP contribution in [0.4, 0.5) is 0 Å². The van der Waals surface area contributed by atoms with Gasteiger partial charge >= 0.3 is 5.88 Å². The summed E-state index contributed by atoms with van der Waals surface area (Å²) in [6, 6.07) is 0. The molecule has 0 aliphatic carbocycles. The molecular weight excluding hydrogens is 475 g/mol. The fraction of sp³-hybridized carbons (Fsp3) is 0.200. The first-order valence-corrected chi connectivity index (χ1v) is 9.20. The summed E-state index contributed by atoms with van der Waals surface area (Å²) in [4.78, 5) is 4.11. The molecule has 0 aromatic carbocycles. The van der Waals surface area contributed by atoms with Gasteiger partial charge in [-0.05, 0) is 31.9 Å². The topological polar surface area (TPSA) is 61.6 Å². The first kappa shape index (κ1) is 16.7. The van der Waals surface area contributed by atoms with Crippen molar-refractivity contribution in [2.24, 2.45) is 7.05 Å². The van der Waals surface area contributed by atoms with Gasteiger partial charge in [-0.3, -0.25) is 4.68 Å². The minimum Gasteiger partial charge on any atom is -0.446 e. The average Bonchev–Trinajstić information content (AvgIpc) is 3.16. The Morgan fingerprint density at radius 2 is 1.92 bits per heavy atom. The van der Waals surface area contributed by atoms with E-state index >= 15 is 0 Å². The molecule has 25 heavy (non-hydrogen) atoms. The lowest BCUT2D eigenvalue weighted by Gasteiger charge is -2.04. The van der Waals surface area contributed by atoms with Crippen LogP contribution in [-0.4, -0.2) is 31.7 Å². The number of nitrogens with zero attached hydrogens (tertiary/aromatic N) is 6. The minimum atomic E-state index is 0.371. The second-order valence-corrected chi connectivity index (χ2v) is 7.56. The predicted octanol–water partition coefficient (Wildman–Crippen LogP) is 3.30. The maximum absolute atomic E-state index is 6.15. The van der Waals surface area contributed by atoms with Gasteiger partial charge in [-0.1, -0.05) is 11.6 Å². The van der Waals surface area contributed by atoms with Gasteiger partial charge in [-0.15, -0.1) is 4.57 Å². The van der Waals surface area contributed by atoms with Gasteiger partial charge in [0.05, 0.1) is 17.0 Å². The van der Waals surface area contributed by atoms with Gasteiger partial charge in [0.15, 0.2) is 11.3 Å². The zero-order valence-electron chi connectivity index (χ0n) is 13.2. The van der Waals surface area contributed by atoms with E-state index in [2.05, 4.69) is 47.0 Å². The lowest BCUT2D eigenvalue weighted by molar-refractivity contribution is -0.706. The van der Waals surface area contributed by atoms with E-state index < -0.39 is 0 Å². The maximum Gasteiger partial charge on any atom is 0.398 e. The number of hydrogen-bond acceptors (Lipinski definition) is 4. The van der Waals surface area contributed by atoms with Crippen LogP contribution in [0.1, 0.15) is 0 Å². The fourth-order valence-electron chi connectivity index (χ4n) is 2.76. The standard InChI is InChI=1S/C15H12Br2ClN6O/c1-22-4-8-11(17)6-23(15(25-2)13(8)20-22)7-24-5-9-10(16)3-19-14(18)12(9)21-24/h3-6H,7H2,1-2H3/q+1. The summed E-state index contributed by atoms with van der Waals surface area (Å²) in [5, 5.41) is 11.3. The second-order valence-electron chi connectivity index (χ2n) is 5.49. The van der Waals surface area contributed by atoms with Crippen LogP contribution in [0.5, 0.6) is 5.88 Å². The summed E-state index contributed by atoms with van der Waals surface area (Å²) in [6.07, 6.45) is 7.47. The summed E-state index contributed by atoms with van der Waals surface area (Å²) in [5.41, 5.74) is 1.42. The Bertz CT molecular complexity index is 1080. The van der Waals surface area contributed by atoms with E-state index in [1.165, 1.54) is 0 Å². The zero-order valence-corrected chi connectivity index (χ0v) is 17.2. The number of pyridine rings is 2. The van der Waals surface area contributed by atoms with Crippen LogP contribution < -0.4 is 9.30 Å². The van der Waals surface area contributed by atoms with Crippen LogP contribution in [0.2, 0.25) is 5.15 Å². The van der Waals surface area contributed by atoms with Crippen molar-refractivity contribution in [1.29, 1.82) is 0 Å². The van der Waals surface area contributed by atoms with Gasteiger partial charge in [-0.25, -0.2) is 9.67 Å². The SMILES string of the molecule is COc1c2nn(C)cc2c(Br)c[n+]1Cn1cc2c(Br)cnc(Cl)c2n1. The Hall–Kier alpha value is -1.71. The summed E-state index contributed by atoms with van der Waals surface area (Å²) in [7, 11) is 3.51. The van der Waals surface area contributed by atoms with E-state index in [4.69, 9.17) is 16.3 Å². The van der Waals surface area contributed by atoms with Crippen molar-refractivity contribution in [2.45, 2.75) is 6.67 Å². The Morgan fingerprint density at radius 3 is 2.64 bits per heavy atom. The van der Waals surface area contributed by atoms with Crippen LogP contribution in [0, 0.1) is 0 Å². The van der Waals surface area contributed by atoms with Crippen molar-refractivity contribution < 1.29 is 9.30 Å². The van der Waals surface area contributed by atoms with Crippen molar-refractivity contribution in [3.8, 4) is 5.88 Å². The number of methoxy groups -OCH3 is 1. The molecule has 0 saturated carbocycles. The molecule has 4 aromatic rings. The number of aromatic nitrogens is 6. The molecule has 10 heteroatoms. The highest BCUT2D eigenvalue weighted by Crippen LogP contribution is 2.28. The molecule has 7 nitrogen and oxygen atoms in total. The molecule has 0 radical (unpaired) electrons. The van der Waals surface area contributed by atoms with Gasteiger partial charge in [0.2, 0.25) is 12.2 Å². The highest BCUT2D eigenvalue weighted by molar-refractivity contribution is 9.11. The smallest absolute Gasteiger partial charge is 0.398 e. The molecule has 0 amide bonds. The third-order valence-electron chi connectivity index (χ3n) is 3.81. The second kappa shape index (κ2) is 6.22. The Labute approximate surface area is 164 Å². The molecule has 0 aliphatic heterocycles. The number of hydrogen-bond donors (Lipinski definition) is 0. The lowest BCUT2D eigenvalue weighted by Crippen LogP contribution is -2.39. The third kappa shape index (κ3) is 2.80. The lowest BCUT2D eigenvalue weighted by atomic mass is 10.3. The molecule has 0 unspecified atom stereocenters. The average molecular weight is 488 g/mol. The van der Waals surface area contributed by atoms with Gasteiger partial charge in [0, 0.05) is 35.5 Å². The van der Waals surface area contributed by atoms with Gasteiger partial charge in [0.1, 0.15) is 5.52 Å². The van der Waals surface area contributed by atoms with E-state index in [1.54, 1.807) is 22.7 Å². The van der Waals surface area contributed by atoms with Crippen LogP contribution in [0.15, 0.2) is 33.7 Å². The molecule has 128 valence electrons. The van der Waals surface area contributed by atoms with E-state index in [0.29, 0.717) is 23.2 Å². The first-order valence-electron chi connectivity index (χ1n) is 7.24. The fourth-order valence-corrected chi connectivity index (χ4v) is 3.88. The summed E-state index contributed by atoms with van der Waals surface area (Å²) in [6.45, 7) is 0.436. The number of rotatable bonds is 3. The van der Waals surface area contributed by atoms with Crippen molar-refractivity contribution in [3.05, 3.63) is 38.9 Å². The number of fused-ring (bicyclic) bond motifs is 2. The molecule has 4 rings (SSSR count). The number of aryl methyl sites for hydroxylation is 1. The summed E-state index contributed by atoms with van der Waals surface area (Å²) >= 11 is 13.2. The van der Waals surface area contributed by atoms with E-state index in [0.717, 1.165) is 25.2 Å². The molecule has 0 bridgehead atoms. The molecule has 0 atom stereocenters. The highest BCUT2D eigenvalue weighted by atomic mass is 79.9. The van der Waals surface area contributed by atoms with Crippen molar-refractivity contribution in [3.63, 3.8) is 0 Å². The predicted molar refractivity (Wildman–Crippen MR) is 101 cm³/mol. The van der Waals surface area contributed by atoms with Crippen molar-refractivity contribution in [2.75, 3.05) is 7.11 Å². The van der Waals surface area contributed by atoms with Gasteiger partial charge in [0.25, 0.3) is 0 Å². The molecule has 4 aromatic heterocycles. The Kier molecular flexibility index (Phi) is 4.17. The van der Waals surface area contributed by atoms with Gasteiger partial charge < -0.3 is 4.74 Å². The minimum absolute atomic E-state index is 0.371. The molecule has 0 fully saturated rings. The molecule has 0 saturated heterocycles. The first-order chi connectivity index (χ1) is 12.0. The van der Waals surface area contributed by atoms with Crippen molar-refractivity contribution >= 4 is 65.3 Å². The number of halogens is 3. The number of ether oxygens (including phenoxy) is 1. The molecule has 0 N–H and O–H groups in total. The zero-order chi connectivity index (χ0) is 17.7. The Balaban J connectivity index is 1.86. The van der Waals surface area contributed by atoms with Crippen LogP contribution in [0.25, 0.3) is 21.8 Å². The molecular formula is C15H12Br2ClN6O+. The normalized spacial score (nSPS) is 11.6. The molecule has 0 aliphatic rings. The quantitative estimate of drug-likeness (QED) is 0.329. The molecule has 0 spiro atoms. The monoisotopic (exact) mass is 485 g/mol.